The summed E-state index contributed by atoms with van der Waals surface area (Å²) >= 11 is 0. The Hall–Kier alpha value is -6.36. The summed E-state index contributed by atoms with van der Waals surface area (Å²) in [6, 6.07) is 17.4. The molecular weight excluding hydrogens is 707 g/mol. The standard InChI is InChI=1S/C46H45N11/c1-26(2)49-35-21-29(55-16-8-9-17-55)20-34-39(35)33(24-47-34)41-31-14-15-32-38(31)40-44(51-41)52-43(28-12-6-5-7-13-28)53-45(40)54-46(32)57-25-48-36-22-30(56-18-10-11-19-56)23-37(42(36)57)50-27(3)4/h8-11,14-28,33,40,49-50H,5-7,12-13H2,1-4H3. The van der Waals surface area contributed by atoms with Crippen molar-refractivity contribution in [2.45, 2.75) is 77.8 Å². The monoisotopic (exact) mass is 751 g/mol. The number of amidine groups is 3. The Morgan fingerprint density at radius 1 is 0.684 bits per heavy atom. The summed E-state index contributed by atoms with van der Waals surface area (Å²) in [5.74, 6) is 3.13. The highest BCUT2D eigenvalue weighted by Gasteiger charge is 2.46. The molecule has 2 atom stereocenters. The Kier molecular flexibility index (Phi) is 7.81. The second-order valence-electron chi connectivity index (χ2n) is 16.5. The van der Waals surface area contributed by atoms with E-state index < -0.39 is 0 Å². The maximum Gasteiger partial charge on any atom is 0.148 e. The van der Waals surface area contributed by atoms with E-state index >= 15 is 0 Å². The quantitative estimate of drug-likeness (QED) is 0.156. The van der Waals surface area contributed by atoms with E-state index in [1.165, 1.54) is 24.8 Å². The highest BCUT2D eigenvalue weighted by Crippen LogP contribution is 2.50. The van der Waals surface area contributed by atoms with Crippen molar-refractivity contribution in [2.24, 2.45) is 36.8 Å². The topological polar surface area (TPSA) is 114 Å². The second-order valence-corrected chi connectivity index (χ2v) is 16.5. The lowest BCUT2D eigenvalue weighted by Crippen LogP contribution is -2.38. The number of aliphatic imine (C=N–C) groups is 5. The van der Waals surface area contributed by atoms with Crippen molar-refractivity contribution in [2.75, 3.05) is 10.6 Å². The second kappa shape index (κ2) is 13.1. The molecule has 1 fully saturated rings. The van der Waals surface area contributed by atoms with Gasteiger partial charge in [0.05, 0.1) is 34.0 Å². The van der Waals surface area contributed by atoms with E-state index in [2.05, 4.69) is 132 Å². The van der Waals surface area contributed by atoms with Gasteiger partial charge in [-0.05, 0) is 94.6 Å². The molecule has 6 aliphatic rings. The predicted octanol–water partition coefficient (Wildman–Crippen LogP) is 9.67. The van der Waals surface area contributed by atoms with E-state index in [4.69, 9.17) is 29.9 Å². The summed E-state index contributed by atoms with van der Waals surface area (Å²) in [5, 5.41) is 7.50. The molecule has 3 aromatic heterocycles. The minimum absolute atomic E-state index is 0.166. The van der Waals surface area contributed by atoms with Crippen LogP contribution in [0.15, 0.2) is 133 Å². The number of dihydropyridines is 1. The zero-order chi connectivity index (χ0) is 38.4. The van der Waals surface area contributed by atoms with Crippen molar-refractivity contribution in [1.82, 2.24) is 18.7 Å². The van der Waals surface area contributed by atoms with Crippen LogP contribution in [0.2, 0.25) is 0 Å². The van der Waals surface area contributed by atoms with Gasteiger partial charge in [-0.2, -0.15) is 0 Å². The van der Waals surface area contributed by atoms with E-state index in [9.17, 15) is 0 Å². The normalized spacial score (nSPS) is 21.0. The molecule has 2 N–H and O–H groups in total. The van der Waals surface area contributed by atoms with Gasteiger partial charge in [-0.1, -0.05) is 31.4 Å². The number of nitrogens with zero attached hydrogens (tertiary/aromatic N) is 9. The molecule has 2 aliphatic carbocycles. The van der Waals surface area contributed by atoms with Gasteiger partial charge >= 0.3 is 0 Å². The molecule has 5 aromatic rings. The summed E-state index contributed by atoms with van der Waals surface area (Å²) in [6.07, 6.45) is 22.5. The molecule has 284 valence electrons. The Balaban J connectivity index is 1.10. The van der Waals surface area contributed by atoms with Gasteiger partial charge in [-0.15, -0.1) is 0 Å². The van der Waals surface area contributed by atoms with E-state index in [1.807, 2.05) is 18.5 Å². The van der Waals surface area contributed by atoms with Crippen molar-refractivity contribution >= 4 is 63.3 Å². The molecule has 7 heterocycles. The van der Waals surface area contributed by atoms with Crippen LogP contribution in [0.3, 0.4) is 0 Å². The molecule has 0 bridgehead atoms. The number of fused-ring (bicyclic) bond motifs is 2. The maximum atomic E-state index is 5.52. The summed E-state index contributed by atoms with van der Waals surface area (Å²) < 4.78 is 6.41. The summed E-state index contributed by atoms with van der Waals surface area (Å²) in [7, 11) is 0. The third-order valence-electron chi connectivity index (χ3n) is 11.9. The average molecular weight is 752 g/mol. The predicted molar refractivity (Wildman–Crippen MR) is 232 cm³/mol. The zero-order valence-corrected chi connectivity index (χ0v) is 32.7. The van der Waals surface area contributed by atoms with Gasteiger partial charge in [-0.3, -0.25) is 9.56 Å². The van der Waals surface area contributed by atoms with Gasteiger partial charge in [0.2, 0.25) is 0 Å². The molecule has 2 aromatic carbocycles. The van der Waals surface area contributed by atoms with Crippen LogP contribution in [0.25, 0.3) is 28.2 Å². The zero-order valence-electron chi connectivity index (χ0n) is 32.7. The summed E-state index contributed by atoms with van der Waals surface area (Å²) in [6.45, 7) is 8.70. The fourth-order valence-corrected chi connectivity index (χ4v) is 9.43. The molecule has 1 saturated carbocycles. The van der Waals surface area contributed by atoms with Crippen molar-refractivity contribution in [3.8, 4) is 11.4 Å². The Bertz CT molecular complexity index is 2720. The van der Waals surface area contributed by atoms with Crippen LogP contribution < -0.4 is 10.6 Å². The van der Waals surface area contributed by atoms with Crippen LogP contribution >= 0.6 is 0 Å². The van der Waals surface area contributed by atoms with Crippen molar-refractivity contribution in [3.63, 3.8) is 0 Å². The fraction of sp³-hybridized carbons (Fsp3) is 0.304. The minimum atomic E-state index is -0.240. The molecule has 4 aliphatic heterocycles. The average Bonchev–Trinajstić information content (AvgIpc) is 4.06. The number of allylic oxidation sites excluding steroid dienone is 4. The van der Waals surface area contributed by atoms with E-state index in [0.29, 0.717) is 5.92 Å². The Morgan fingerprint density at radius 3 is 2.07 bits per heavy atom. The van der Waals surface area contributed by atoms with Crippen molar-refractivity contribution in [1.29, 1.82) is 0 Å². The number of anilines is 2. The third kappa shape index (κ3) is 5.54. The lowest BCUT2D eigenvalue weighted by atomic mass is 9.79. The largest absolute Gasteiger partial charge is 0.382 e. The van der Waals surface area contributed by atoms with Gasteiger partial charge in [-0.25, -0.2) is 25.0 Å². The van der Waals surface area contributed by atoms with Crippen molar-refractivity contribution < 1.29 is 0 Å². The van der Waals surface area contributed by atoms with Crippen LogP contribution in [0.5, 0.6) is 0 Å². The van der Waals surface area contributed by atoms with Gasteiger partial charge < -0.3 is 19.8 Å². The molecule has 0 saturated heterocycles. The van der Waals surface area contributed by atoms with Gasteiger partial charge in [0.1, 0.15) is 35.6 Å². The van der Waals surface area contributed by atoms with E-state index in [0.717, 1.165) is 98.1 Å². The first-order chi connectivity index (χ1) is 27.9. The molecule has 0 spiro atoms. The number of benzene rings is 2. The molecule has 2 unspecified atom stereocenters. The number of hydrogen-bond donors (Lipinski definition) is 2. The molecule has 0 radical (unpaired) electrons. The third-order valence-corrected chi connectivity index (χ3v) is 11.9. The lowest BCUT2D eigenvalue weighted by molar-refractivity contribution is 0.437. The molecule has 11 nitrogen and oxygen atoms in total. The number of imidazole rings is 1. The Morgan fingerprint density at radius 2 is 1.33 bits per heavy atom. The lowest BCUT2D eigenvalue weighted by Gasteiger charge is -2.34. The number of hydrogen-bond acceptors (Lipinski definition) is 8. The first-order valence-electron chi connectivity index (χ1n) is 20.4. The van der Waals surface area contributed by atoms with Crippen LogP contribution in [0.4, 0.5) is 17.1 Å². The van der Waals surface area contributed by atoms with Crippen LogP contribution in [-0.2, 0) is 0 Å². The molecular formula is C46H45N11. The SMILES string of the molecule is CC(C)Nc1cc(-n2cccc2)cc2c1C(C1=NC3=NC(C4CCCCC4)=NC4=NC(n5cnc6cc(-n7cccc7)cc(NC(C)C)c65)=C5C=CC1=C5C34)C=N2. The minimum Gasteiger partial charge on any atom is -0.382 e. The van der Waals surface area contributed by atoms with Gasteiger partial charge in [0, 0.05) is 82.8 Å². The van der Waals surface area contributed by atoms with E-state index in [1.54, 1.807) is 0 Å². The van der Waals surface area contributed by atoms with E-state index in [-0.39, 0.29) is 23.9 Å². The summed E-state index contributed by atoms with van der Waals surface area (Å²) in [4.78, 5) is 31.7. The Labute approximate surface area is 331 Å². The maximum absolute atomic E-state index is 5.52. The fourth-order valence-electron chi connectivity index (χ4n) is 9.43. The smallest absolute Gasteiger partial charge is 0.148 e. The summed E-state index contributed by atoms with van der Waals surface area (Å²) in [5.41, 5.74) is 12.4. The van der Waals surface area contributed by atoms with Gasteiger partial charge in [0.15, 0.2) is 0 Å². The van der Waals surface area contributed by atoms with Crippen LogP contribution in [0, 0.1) is 11.8 Å². The number of nitrogens with one attached hydrogen (secondary N) is 2. The molecule has 57 heavy (non-hydrogen) atoms. The van der Waals surface area contributed by atoms with Crippen molar-refractivity contribution in [3.05, 3.63) is 114 Å². The number of aromatic nitrogens is 4. The first-order valence-corrected chi connectivity index (χ1v) is 20.4. The molecule has 11 heteroatoms. The van der Waals surface area contributed by atoms with Crippen LogP contribution in [-0.4, -0.2) is 60.2 Å². The molecule has 11 rings (SSSR count). The van der Waals surface area contributed by atoms with Gasteiger partial charge in [0.25, 0.3) is 0 Å². The highest BCUT2D eigenvalue weighted by molar-refractivity contribution is 6.31. The number of rotatable bonds is 9. The van der Waals surface area contributed by atoms with Crippen LogP contribution in [0.1, 0.15) is 71.3 Å². The highest BCUT2D eigenvalue weighted by atomic mass is 15.2. The molecule has 0 amide bonds. The first kappa shape index (κ1) is 33.9.